The molecule has 3 rings (SSSR count). The van der Waals surface area contributed by atoms with Crippen LogP contribution in [0.3, 0.4) is 0 Å². The Hall–Kier alpha value is -2.19. The number of allylic oxidation sites excluding steroid dienone is 2. The molecule has 0 bridgehead atoms. The van der Waals surface area contributed by atoms with Gasteiger partial charge in [-0.05, 0) is 49.8 Å². The Labute approximate surface area is 208 Å². The summed E-state index contributed by atoms with van der Waals surface area (Å²) in [4.78, 5) is 11.7. The molecule has 1 aromatic carbocycles. The Kier molecular flexibility index (Phi) is 11.3. The van der Waals surface area contributed by atoms with Crippen LogP contribution >= 0.6 is 0 Å². The lowest BCUT2D eigenvalue weighted by molar-refractivity contribution is -0.143. The summed E-state index contributed by atoms with van der Waals surface area (Å²) >= 11 is 0. The van der Waals surface area contributed by atoms with Crippen LogP contribution in [-0.4, -0.2) is 60.6 Å². The largest absolute Gasteiger partial charge is 0.488 e. The van der Waals surface area contributed by atoms with Crippen LogP contribution in [-0.2, 0) is 19.0 Å². The van der Waals surface area contributed by atoms with Crippen LogP contribution in [0, 0.1) is 11.8 Å². The summed E-state index contributed by atoms with van der Waals surface area (Å²) in [5, 5.41) is 21.1. The average molecular weight is 489 g/mol. The molecular weight excluding hydrogens is 448 g/mol. The number of carbonyl (C=O) groups is 1. The molecule has 2 aliphatic rings. The van der Waals surface area contributed by atoms with E-state index in [1.165, 1.54) is 0 Å². The maximum Gasteiger partial charge on any atom is 0.305 e. The number of esters is 1. The number of unbranched alkanes of at least 4 members (excludes halogenated alkanes) is 2. The van der Waals surface area contributed by atoms with Crippen molar-refractivity contribution >= 4 is 5.97 Å². The van der Waals surface area contributed by atoms with Crippen LogP contribution in [0.2, 0.25) is 0 Å². The Bertz CT molecular complexity index is 801. The molecule has 0 radical (unpaired) electrons. The van der Waals surface area contributed by atoms with E-state index in [4.69, 9.17) is 18.9 Å². The third-order valence-electron chi connectivity index (χ3n) is 6.54. The quantitative estimate of drug-likeness (QED) is 0.230. The van der Waals surface area contributed by atoms with Crippen LogP contribution in [0.25, 0.3) is 0 Å². The lowest BCUT2D eigenvalue weighted by Gasteiger charge is -2.26. The van der Waals surface area contributed by atoms with Gasteiger partial charge in [-0.15, -0.1) is 0 Å². The van der Waals surface area contributed by atoms with E-state index in [1.54, 1.807) is 0 Å². The van der Waals surface area contributed by atoms with Crippen LogP contribution in [0.5, 0.6) is 5.75 Å². The van der Waals surface area contributed by atoms with Gasteiger partial charge in [0.15, 0.2) is 0 Å². The summed E-state index contributed by atoms with van der Waals surface area (Å²) in [6.45, 7) is 3.70. The molecule has 1 heterocycles. The second-order valence-corrected chi connectivity index (χ2v) is 9.25. The normalized spacial score (nSPS) is 26.0. The molecule has 3 unspecified atom stereocenters. The Balaban J connectivity index is 1.49. The van der Waals surface area contributed by atoms with Gasteiger partial charge in [-0.3, -0.25) is 4.79 Å². The Morgan fingerprint density at radius 3 is 2.63 bits per heavy atom. The number of hydrogen-bond donors (Lipinski definition) is 2. The highest BCUT2D eigenvalue weighted by molar-refractivity contribution is 5.69. The van der Waals surface area contributed by atoms with Crippen molar-refractivity contribution in [2.24, 2.45) is 11.8 Å². The van der Waals surface area contributed by atoms with E-state index in [0.717, 1.165) is 31.4 Å². The summed E-state index contributed by atoms with van der Waals surface area (Å²) < 4.78 is 22.8. The van der Waals surface area contributed by atoms with Gasteiger partial charge in [-0.1, -0.05) is 49.8 Å². The molecule has 0 amide bonds. The minimum atomic E-state index is -1.00. The first kappa shape index (κ1) is 27.4. The zero-order valence-corrected chi connectivity index (χ0v) is 20.7. The molecule has 35 heavy (non-hydrogen) atoms. The highest BCUT2D eigenvalue weighted by Crippen LogP contribution is 2.37. The molecular formula is C28H40O7. The van der Waals surface area contributed by atoms with E-state index in [9.17, 15) is 15.0 Å². The minimum Gasteiger partial charge on any atom is -0.488 e. The van der Waals surface area contributed by atoms with Crippen molar-refractivity contribution < 1.29 is 34.0 Å². The molecule has 4 atom stereocenters. The van der Waals surface area contributed by atoms with E-state index >= 15 is 0 Å². The van der Waals surface area contributed by atoms with E-state index in [0.29, 0.717) is 39.1 Å². The smallest absolute Gasteiger partial charge is 0.305 e. The molecule has 1 aliphatic heterocycles. The van der Waals surface area contributed by atoms with E-state index in [-0.39, 0.29) is 24.4 Å². The number of benzene rings is 1. The highest BCUT2D eigenvalue weighted by Gasteiger charge is 2.41. The maximum absolute atomic E-state index is 11.7. The topological polar surface area (TPSA) is 94.5 Å². The van der Waals surface area contributed by atoms with Gasteiger partial charge in [0, 0.05) is 18.8 Å². The Morgan fingerprint density at radius 1 is 1.11 bits per heavy atom. The van der Waals surface area contributed by atoms with Gasteiger partial charge in [0.05, 0.1) is 32.0 Å². The molecule has 7 nitrogen and oxygen atoms in total. The molecule has 7 heteroatoms. The van der Waals surface area contributed by atoms with E-state index < -0.39 is 18.0 Å². The molecule has 0 spiro atoms. The molecule has 194 valence electrons. The van der Waals surface area contributed by atoms with Crippen molar-refractivity contribution in [2.75, 3.05) is 26.4 Å². The van der Waals surface area contributed by atoms with Gasteiger partial charge in [0.2, 0.25) is 5.79 Å². The number of rotatable bonds is 14. The standard InChI is InChI=1S/C28H40O7/c1-2-3-17-32-27(31)14-10-5-4-9-13-23-24(26(30)20-25(23)29)15-16-28(34-18-19-35-28)21-33-22-11-7-6-8-12-22/h4,6-9,11-12,15-16,23-26,29-30H,2-3,5,10,13-14,17-21H2,1H3/b9-4-,16-15+/t23?,24-,25?,26?/m1/s1. The third-order valence-corrected chi connectivity index (χ3v) is 6.54. The predicted octanol–water partition coefficient (Wildman–Crippen LogP) is 4.18. The molecule has 2 N–H and O–H groups in total. The first-order valence-electron chi connectivity index (χ1n) is 12.8. The van der Waals surface area contributed by atoms with Gasteiger partial charge in [0.1, 0.15) is 12.4 Å². The SMILES string of the molecule is CCCCOC(=O)CCC/C=C\CC1C(O)CC(O)[C@@H]1/C=C/C1(COc2ccccc2)OCCO1. The van der Waals surface area contributed by atoms with E-state index in [2.05, 4.69) is 6.92 Å². The predicted molar refractivity (Wildman–Crippen MR) is 133 cm³/mol. The monoisotopic (exact) mass is 488 g/mol. The van der Waals surface area contributed by atoms with Crippen LogP contribution in [0.1, 0.15) is 51.9 Å². The third kappa shape index (κ3) is 8.76. The lowest BCUT2D eigenvalue weighted by atomic mass is 9.89. The second-order valence-electron chi connectivity index (χ2n) is 9.25. The molecule has 1 aliphatic carbocycles. The van der Waals surface area contributed by atoms with Gasteiger partial charge >= 0.3 is 5.97 Å². The van der Waals surface area contributed by atoms with Gasteiger partial charge in [-0.25, -0.2) is 0 Å². The van der Waals surface area contributed by atoms with Gasteiger partial charge in [0.25, 0.3) is 0 Å². The van der Waals surface area contributed by atoms with Crippen LogP contribution in [0.15, 0.2) is 54.6 Å². The van der Waals surface area contributed by atoms with Crippen molar-refractivity contribution in [2.45, 2.75) is 69.9 Å². The highest BCUT2D eigenvalue weighted by atomic mass is 16.8. The summed E-state index contributed by atoms with van der Waals surface area (Å²) in [7, 11) is 0. The summed E-state index contributed by atoms with van der Waals surface area (Å²) in [5.74, 6) is -0.745. The zero-order valence-electron chi connectivity index (χ0n) is 20.7. The molecule has 1 aromatic rings. The molecule has 0 aromatic heterocycles. The maximum atomic E-state index is 11.7. The van der Waals surface area contributed by atoms with Crippen molar-refractivity contribution in [1.29, 1.82) is 0 Å². The second kappa shape index (κ2) is 14.4. The number of carbonyl (C=O) groups excluding carboxylic acids is 1. The van der Waals surface area contributed by atoms with Crippen molar-refractivity contribution in [3.63, 3.8) is 0 Å². The number of aliphatic hydroxyl groups excluding tert-OH is 2. The van der Waals surface area contributed by atoms with Crippen LogP contribution in [0.4, 0.5) is 0 Å². The lowest BCUT2D eigenvalue weighted by Crippen LogP contribution is -2.35. The fourth-order valence-corrected chi connectivity index (χ4v) is 4.50. The summed E-state index contributed by atoms with van der Waals surface area (Å²) in [6, 6.07) is 9.49. The van der Waals surface area contributed by atoms with Crippen molar-refractivity contribution in [3.8, 4) is 5.75 Å². The fourth-order valence-electron chi connectivity index (χ4n) is 4.50. The average Bonchev–Trinajstić information content (AvgIpc) is 3.43. The zero-order chi connectivity index (χ0) is 24.9. The number of aliphatic hydroxyl groups is 2. The minimum absolute atomic E-state index is 0.106. The number of ether oxygens (including phenoxy) is 4. The number of para-hydroxylation sites is 1. The molecule has 1 saturated heterocycles. The summed E-state index contributed by atoms with van der Waals surface area (Å²) in [5.41, 5.74) is 0. The fraction of sp³-hybridized carbons (Fsp3) is 0.607. The number of hydrogen-bond acceptors (Lipinski definition) is 7. The molecule has 2 fully saturated rings. The van der Waals surface area contributed by atoms with Crippen molar-refractivity contribution in [3.05, 3.63) is 54.6 Å². The molecule has 1 saturated carbocycles. The van der Waals surface area contributed by atoms with Gasteiger partial charge in [-0.2, -0.15) is 0 Å². The summed E-state index contributed by atoms with van der Waals surface area (Å²) in [6.07, 6.45) is 11.4. The first-order valence-corrected chi connectivity index (χ1v) is 12.8. The van der Waals surface area contributed by atoms with E-state index in [1.807, 2.05) is 54.6 Å². The Morgan fingerprint density at radius 2 is 1.89 bits per heavy atom. The van der Waals surface area contributed by atoms with Gasteiger partial charge < -0.3 is 29.2 Å². The first-order chi connectivity index (χ1) is 17.0. The van der Waals surface area contributed by atoms with Crippen LogP contribution < -0.4 is 4.74 Å². The van der Waals surface area contributed by atoms with Crippen molar-refractivity contribution in [1.82, 2.24) is 0 Å².